The van der Waals surface area contributed by atoms with Gasteiger partial charge in [0.15, 0.2) is 0 Å². The minimum atomic E-state index is 0.739. The molecule has 2 aromatic carbocycles. The third-order valence-electron chi connectivity index (χ3n) is 4.75. The van der Waals surface area contributed by atoms with E-state index in [1.807, 2.05) is 26.0 Å². The summed E-state index contributed by atoms with van der Waals surface area (Å²) in [5.74, 6) is 2.52. The summed E-state index contributed by atoms with van der Waals surface area (Å²) >= 11 is 0. The van der Waals surface area contributed by atoms with E-state index >= 15 is 0 Å². The molecule has 0 aromatic heterocycles. The zero-order valence-electron chi connectivity index (χ0n) is 13.6. The third kappa shape index (κ3) is 3.27. The van der Waals surface area contributed by atoms with Crippen LogP contribution in [0.2, 0.25) is 0 Å². The molecule has 22 heavy (non-hydrogen) atoms. The minimum absolute atomic E-state index is 0.739. The molecule has 1 saturated carbocycles. The maximum Gasteiger partial charge on any atom is 0.130 e. The quantitative estimate of drug-likeness (QED) is 0.734. The van der Waals surface area contributed by atoms with Crippen LogP contribution in [0.15, 0.2) is 36.4 Å². The lowest BCUT2D eigenvalue weighted by molar-refractivity contribution is 0.442. The van der Waals surface area contributed by atoms with Crippen molar-refractivity contribution >= 4 is 5.69 Å². The van der Waals surface area contributed by atoms with Crippen molar-refractivity contribution in [2.24, 2.45) is 0 Å². The number of rotatable bonds is 3. The Hall–Kier alpha value is -1.96. The van der Waals surface area contributed by atoms with Crippen LogP contribution < -0.4 is 10.5 Å². The number of aryl methyl sites for hydroxylation is 2. The Labute approximate surface area is 133 Å². The lowest BCUT2D eigenvalue weighted by atomic mass is 9.84. The standard InChI is InChI=1S/C20H25NO/c1-14-13-20(15(2)12-19(14)21)22-18-10-8-17(9-11-18)16-6-4-3-5-7-16/h8-13,16H,3-7,21H2,1-2H3. The van der Waals surface area contributed by atoms with Gasteiger partial charge in [0.2, 0.25) is 0 Å². The molecule has 0 atom stereocenters. The number of hydrogen-bond donors (Lipinski definition) is 1. The number of ether oxygens (including phenoxy) is 1. The third-order valence-corrected chi connectivity index (χ3v) is 4.75. The molecule has 0 radical (unpaired) electrons. The van der Waals surface area contributed by atoms with Gasteiger partial charge >= 0.3 is 0 Å². The van der Waals surface area contributed by atoms with E-state index < -0.39 is 0 Å². The van der Waals surface area contributed by atoms with E-state index in [2.05, 4.69) is 24.3 Å². The van der Waals surface area contributed by atoms with Gasteiger partial charge in [-0.2, -0.15) is 0 Å². The summed E-state index contributed by atoms with van der Waals surface area (Å²) in [7, 11) is 0. The summed E-state index contributed by atoms with van der Waals surface area (Å²) in [4.78, 5) is 0. The average Bonchev–Trinajstić information content (AvgIpc) is 2.54. The highest BCUT2D eigenvalue weighted by Gasteiger charge is 2.15. The first-order chi connectivity index (χ1) is 10.6. The van der Waals surface area contributed by atoms with Crippen molar-refractivity contribution in [3.63, 3.8) is 0 Å². The van der Waals surface area contributed by atoms with Crippen LogP contribution in [0.3, 0.4) is 0 Å². The highest BCUT2D eigenvalue weighted by molar-refractivity contribution is 5.54. The highest BCUT2D eigenvalue weighted by Crippen LogP contribution is 2.34. The van der Waals surface area contributed by atoms with Crippen LogP contribution in [-0.4, -0.2) is 0 Å². The molecule has 2 N–H and O–H groups in total. The van der Waals surface area contributed by atoms with Gasteiger partial charge in [-0.25, -0.2) is 0 Å². The number of anilines is 1. The largest absolute Gasteiger partial charge is 0.457 e. The molecule has 0 amide bonds. The fourth-order valence-electron chi connectivity index (χ4n) is 3.29. The lowest BCUT2D eigenvalue weighted by Crippen LogP contribution is -2.04. The van der Waals surface area contributed by atoms with Gasteiger partial charge in [-0.05, 0) is 73.6 Å². The number of nitrogen functional groups attached to an aromatic ring is 1. The molecule has 0 heterocycles. The SMILES string of the molecule is Cc1cc(Oc2ccc(C3CCCCC3)cc2)c(C)cc1N. The van der Waals surface area contributed by atoms with Crippen molar-refractivity contribution in [2.75, 3.05) is 5.73 Å². The second-order valence-electron chi connectivity index (χ2n) is 6.48. The molecule has 2 heteroatoms. The van der Waals surface area contributed by atoms with Crippen molar-refractivity contribution in [1.29, 1.82) is 0 Å². The van der Waals surface area contributed by atoms with Crippen LogP contribution >= 0.6 is 0 Å². The molecule has 2 nitrogen and oxygen atoms in total. The van der Waals surface area contributed by atoms with E-state index in [1.54, 1.807) is 0 Å². The van der Waals surface area contributed by atoms with Gasteiger partial charge in [-0.15, -0.1) is 0 Å². The van der Waals surface area contributed by atoms with Gasteiger partial charge in [0, 0.05) is 5.69 Å². The van der Waals surface area contributed by atoms with Gasteiger partial charge in [-0.1, -0.05) is 31.4 Å². The zero-order valence-corrected chi connectivity index (χ0v) is 13.6. The van der Waals surface area contributed by atoms with Crippen LogP contribution in [0, 0.1) is 13.8 Å². The second kappa shape index (κ2) is 6.43. The molecule has 0 bridgehead atoms. The van der Waals surface area contributed by atoms with E-state index in [4.69, 9.17) is 10.5 Å². The predicted octanol–water partition coefficient (Wildman–Crippen LogP) is 5.73. The Morgan fingerprint density at radius 3 is 2.27 bits per heavy atom. The zero-order chi connectivity index (χ0) is 15.5. The van der Waals surface area contributed by atoms with Crippen LogP contribution in [0.4, 0.5) is 5.69 Å². The molecule has 0 aliphatic heterocycles. The van der Waals surface area contributed by atoms with E-state index in [1.165, 1.54) is 37.7 Å². The van der Waals surface area contributed by atoms with Gasteiger partial charge in [0.05, 0.1) is 0 Å². The number of nitrogens with two attached hydrogens (primary N) is 1. The Kier molecular flexibility index (Phi) is 4.37. The van der Waals surface area contributed by atoms with Crippen LogP contribution in [0.1, 0.15) is 54.7 Å². The Morgan fingerprint density at radius 2 is 1.59 bits per heavy atom. The smallest absolute Gasteiger partial charge is 0.130 e. The highest BCUT2D eigenvalue weighted by atomic mass is 16.5. The summed E-state index contributed by atoms with van der Waals surface area (Å²) < 4.78 is 6.03. The maximum atomic E-state index is 6.03. The minimum Gasteiger partial charge on any atom is -0.457 e. The molecule has 0 spiro atoms. The first kappa shape index (κ1) is 15.0. The van der Waals surface area contributed by atoms with Crippen molar-refractivity contribution in [2.45, 2.75) is 51.9 Å². The fraction of sp³-hybridized carbons (Fsp3) is 0.400. The van der Waals surface area contributed by atoms with Gasteiger partial charge in [0.1, 0.15) is 11.5 Å². The molecule has 1 aliphatic carbocycles. The second-order valence-corrected chi connectivity index (χ2v) is 6.48. The van der Waals surface area contributed by atoms with Crippen LogP contribution in [-0.2, 0) is 0 Å². The van der Waals surface area contributed by atoms with E-state index in [-0.39, 0.29) is 0 Å². The lowest BCUT2D eigenvalue weighted by Gasteiger charge is -2.22. The molecule has 116 valence electrons. The Bertz CT molecular complexity index is 640. The molecular weight excluding hydrogens is 270 g/mol. The molecule has 0 saturated heterocycles. The normalized spacial score (nSPS) is 15.7. The number of benzene rings is 2. The molecule has 1 aliphatic rings. The topological polar surface area (TPSA) is 35.2 Å². The molecule has 3 rings (SSSR count). The summed E-state index contributed by atoms with van der Waals surface area (Å²) in [5, 5.41) is 0. The summed E-state index contributed by atoms with van der Waals surface area (Å²) in [5.41, 5.74) is 10.3. The molecular formula is C20H25NO. The van der Waals surface area contributed by atoms with Crippen LogP contribution in [0.25, 0.3) is 0 Å². The van der Waals surface area contributed by atoms with Gasteiger partial charge in [-0.3, -0.25) is 0 Å². The summed E-state index contributed by atoms with van der Waals surface area (Å²) in [6.45, 7) is 4.04. The van der Waals surface area contributed by atoms with E-state index in [0.717, 1.165) is 34.2 Å². The first-order valence-electron chi connectivity index (χ1n) is 8.28. The van der Waals surface area contributed by atoms with Gasteiger partial charge in [0.25, 0.3) is 0 Å². The van der Waals surface area contributed by atoms with Crippen molar-refractivity contribution < 1.29 is 4.74 Å². The van der Waals surface area contributed by atoms with E-state index in [9.17, 15) is 0 Å². The summed E-state index contributed by atoms with van der Waals surface area (Å²) in [6, 6.07) is 12.6. The molecule has 0 unspecified atom stereocenters. The monoisotopic (exact) mass is 295 g/mol. The van der Waals surface area contributed by atoms with Crippen molar-refractivity contribution in [1.82, 2.24) is 0 Å². The number of hydrogen-bond acceptors (Lipinski definition) is 2. The van der Waals surface area contributed by atoms with E-state index in [0.29, 0.717) is 0 Å². The van der Waals surface area contributed by atoms with Gasteiger partial charge < -0.3 is 10.5 Å². The molecule has 1 fully saturated rings. The summed E-state index contributed by atoms with van der Waals surface area (Å²) in [6.07, 6.45) is 6.79. The Balaban J connectivity index is 1.74. The van der Waals surface area contributed by atoms with Crippen LogP contribution in [0.5, 0.6) is 11.5 Å². The van der Waals surface area contributed by atoms with Crippen molar-refractivity contribution in [3.05, 3.63) is 53.1 Å². The average molecular weight is 295 g/mol. The maximum absolute atomic E-state index is 6.03. The Morgan fingerprint density at radius 1 is 0.909 bits per heavy atom. The molecule has 2 aromatic rings. The fourth-order valence-corrected chi connectivity index (χ4v) is 3.29. The predicted molar refractivity (Wildman–Crippen MR) is 92.7 cm³/mol. The van der Waals surface area contributed by atoms with Crippen molar-refractivity contribution in [3.8, 4) is 11.5 Å². The first-order valence-corrected chi connectivity index (χ1v) is 8.28.